The van der Waals surface area contributed by atoms with Gasteiger partial charge in [-0.05, 0) is 30.7 Å². The number of nitrogens with one attached hydrogen (secondary N) is 1. The van der Waals surface area contributed by atoms with Crippen LogP contribution in [0, 0.1) is 0 Å². The minimum absolute atomic E-state index is 0.00490. The molecule has 0 atom stereocenters. The van der Waals surface area contributed by atoms with Gasteiger partial charge < -0.3 is 9.84 Å². The van der Waals surface area contributed by atoms with Crippen LogP contribution in [0.1, 0.15) is 12.5 Å². The SMILES string of the molecule is C=CCN1C(=O)NC(=O)/C(=C\c2ccc(O)c(OCC)c2)C1=O. The standard InChI is InChI=1S/C16H16N2O5/c1-3-7-18-15(21)11(14(20)17-16(18)22)8-10-5-6-12(19)13(9-10)23-4-2/h3,5-6,8-9,19H,1,4,7H2,2H3,(H,17,20,22)/b11-8+. The number of carbonyl (C=O) groups is 3. The topological polar surface area (TPSA) is 95.9 Å². The zero-order valence-electron chi connectivity index (χ0n) is 12.5. The fourth-order valence-corrected chi connectivity index (χ4v) is 2.05. The number of ether oxygens (including phenoxy) is 1. The van der Waals surface area contributed by atoms with E-state index in [2.05, 4.69) is 11.9 Å². The second kappa shape index (κ2) is 6.78. The van der Waals surface area contributed by atoms with Gasteiger partial charge in [-0.2, -0.15) is 0 Å². The minimum atomic E-state index is -0.780. The van der Waals surface area contributed by atoms with E-state index in [1.165, 1.54) is 30.4 Å². The van der Waals surface area contributed by atoms with E-state index in [0.717, 1.165) is 4.90 Å². The number of hydrogen-bond donors (Lipinski definition) is 2. The van der Waals surface area contributed by atoms with Gasteiger partial charge in [0.15, 0.2) is 11.5 Å². The summed E-state index contributed by atoms with van der Waals surface area (Å²) in [5.74, 6) is -1.28. The van der Waals surface area contributed by atoms with Crippen molar-refractivity contribution in [3.8, 4) is 11.5 Å². The number of rotatable bonds is 5. The zero-order chi connectivity index (χ0) is 17.0. The molecule has 1 aromatic carbocycles. The second-order valence-corrected chi connectivity index (χ2v) is 4.68. The molecule has 4 amide bonds. The fourth-order valence-electron chi connectivity index (χ4n) is 2.05. The van der Waals surface area contributed by atoms with Crippen LogP contribution in [-0.4, -0.2) is 41.0 Å². The summed E-state index contributed by atoms with van der Waals surface area (Å²) in [5.41, 5.74) is 0.303. The van der Waals surface area contributed by atoms with E-state index in [1.807, 2.05) is 0 Å². The molecule has 1 fully saturated rings. The van der Waals surface area contributed by atoms with Crippen molar-refractivity contribution in [1.82, 2.24) is 10.2 Å². The predicted molar refractivity (Wildman–Crippen MR) is 82.7 cm³/mol. The number of barbiturate groups is 1. The van der Waals surface area contributed by atoms with Crippen molar-refractivity contribution in [1.29, 1.82) is 0 Å². The minimum Gasteiger partial charge on any atom is -0.504 e. The molecule has 1 aliphatic heterocycles. The van der Waals surface area contributed by atoms with Gasteiger partial charge in [0, 0.05) is 6.54 Å². The second-order valence-electron chi connectivity index (χ2n) is 4.68. The van der Waals surface area contributed by atoms with E-state index in [1.54, 1.807) is 6.92 Å². The molecular weight excluding hydrogens is 300 g/mol. The molecule has 23 heavy (non-hydrogen) atoms. The van der Waals surface area contributed by atoms with Crippen LogP contribution in [0.2, 0.25) is 0 Å². The maximum Gasteiger partial charge on any atom is 0.331 e. The van der Waals surface area contributed by atoms with Gasteiger partial charge in [0.2, 0.25) is 0 Å². The molecule has 2 rings (SSSR count). The lowest BCUT2D eigenvalue weighted by Gasteiger charge is -2.25. The Morgan fingerprint density at radius 1 is 1.35 bits per heavy atom. The fraction of sp³-hybridized carbons (Fsp3) is 0.188. The first-order valence-corrected chi connectivity index (χ1v) is 6.93. The monoisotopic (exact) mass is 316 g/mol. The summed E-state index contributed by atoms with van der Waals surface area (Å²) in [5, 5.41) is 11.8. The van der Waals surface area contributed by atoms with Crippen molar-refractivity contribution >= 4 is 23.9 Å². The highest BCUT2D eigenvalue weighted by molar-refractivity contribution is 6.31. The normalized spacial score (nSPS) is 16.5. The average Bonchev–Trinajstić information content (AvgIpc) is 2.51. The highest BCUT2D eigenvalue weighted by Gasteiger charge is 2.34. The van der Waals surface area contributed by atoms with Gasteiger partial charge in [-0.25, -0.2) is 4.79 Å². The Kier molecular flexibility index (Phi) is 4.80. The molecule has 0 spiro atoms. The molecule has 1 heterocycles. The van der Waals surface area contributed by atoms with Crippen LogP contribution in [-0.2, 0) is 9.59 Å². The first kappa shape index (κ1) is 16.3. The molecule has 7 nitrogen and oxygen atoms in total. The third-order valence-electron chi connectivity index (χ3n) is 3.09. The number of phenols is 1. The summed E-state index contributed by atoms with van der Waals surface area (Å²) in [7, 11) is 0. The van der Waals surface area contributed by atoms with E-state index in [4.69, 9.17) is 4.74 Å². The largest absolute Gasteiger partial charge is 0.504 e. The van der Waals surface area contributed by atoms with Crippen molar-refractivity contribution in [2.75, 3.05) is 13.2 Å². The third kappa shape index (κ3) is 3.39. The molecule has 0 radical (unpaired) electrons. The van der Waals surface area contributed by atoms with Gasteiger partial charge in [-0.1, -0.05) is 12.1 Å². The molecule has 1 aromatic rings. The van der Waals surface area contributed by atoms with Gasteiger partial charge in [0.1, 0.15) is 5.57 Å². The molecule has 120 valence electrons. The van der Waals surface area contributed by atoms with E-state index >= 15 is 0 Å². The molecule has 0 saturated carbocycles. The number of nitrogens with zero attached hydrogens (tertiary/aromatic N) is 1. The van der Waals surface area contributed by atoms with Crippen molar-refractivity contribution in [3.05, 3.63) is 42.0 Å². The molecule has 7 heteroatoms. The number of amides is 4. The van der Waals surface area contributed by atoms with Crippen molar-refractivity contribution in [2.45, 2.75) is 6.92 Å². The quantitative estimate of drug-likeness (QED) is 0.487. The lowest BCUT2D eigenvalue weighted by Crippen LogP contribution is -2.54. The first-order chi connectivity index (χ1) is 11.0. The number of benzene rings is 1. The van der Waals surface area contributed by atoms with Gasteiger partial charge in [0.05, 0.1) is 6.61 Å². The van der Waals surface area contributed by atoms with Gasteiger partial charge in [-0.3, -0.25) is 19.8 Å². The number of aromatic hydroxyl groups is 1. The maximum atomic E-state index is 12.3. The molecular formula is C16H16N2O5. The van der Waals surface area contributed by atoms with Gasteiger partial charge in [-0.15, -0.1) is 6.58 Å². The number of hydrogen-bond acceptors (Lipinski definition) is 5. The van der Waals surface area contributed by atoms with Crippen LogP contribution >= 0.6 is 0 Å². The van der Waals surface area contributed by atoms with Gasteiger partial charge >= 0.3 is 6.03 Å². The van der Waals surface area contributed by atoms with E-state index in [9.17, 15) is 19.5 Å². The Bertz CT molecular complexity index is 708. The van der Waals surface area contributed by atoms with E-state index < -0.39 is 17.8 Å². The summed E-state index contributed by atoms with van der Waals surface area (Å²) < 4.78 is 5.25. The summed E-state index contributed by atoms with van der Waals surface area (Å²) in [6.45, 7) is 5.59. The molecule has 0 aromatic heterocycles. The number of imide groups is 2. The molecule has 0 bridgehead atoms. The van der Waals surface area contributed by atoms with Crippen LogP contribution in [0.4, 0.5) is 4.79 Å². The number of phenolic OH excluding ortho intramolecular Hbond substituents is 1. The summed E-state index contributed by atoms with van der Waals surface area (Å²) in [6.07, 6.45) is 2.72. The third-order valence-corrected chi connectivity index (χ3v) is 3.09. The highest BCUT2D eigenvalue weighted by atomic mass is 16.5. The molecule has 0 unspecified atom stereocenters. The van der Waals surface area contributed by atoms with Crippen LogP contribution in [0.25, 0.3) is 6.08 Å². The van der Waals surface area contributed by atoms with Crippen LogP contribution in [0.5, 0.6) is 11.5 Å². The zero-order valence-corrected chi connectivity index (χ0v) is 12.5. The first-order valence-electron chi connectivity index (χ1n) is 6.93. The summed E-state index contributed by atoms with van der Waals surface area (Å²) in [6, 6.07) is 3.65. The van der Waals surface area contributed by atoms with Crippen molar-refractivity contribution < 1.29 is 24.2 Å². The number of carbonyl (C=O) groups excluding carboxylic acids is 3. The van der Waals surface area contributed by atoms with E-state index in [0.29, 0.717) is 12.2 Å². The maximum absolute atomic E-state index is 12.3. The molecule has 1 saturated heterocycles. The summed E-state index contributed by atoms with van der Waals surface area (Å²) in [4.78, 5) is 36.7. The molecule has 1 aliphatic rings. The summed E-state index contributed by atoms with van der Waals surface area (Å²) >= 11 is 0. The lowest BCUT2D eigenvalue weighted by molar-refractivity contribution is -0.129. The van der Waals surface area contributed by atoms with Crippen LogP contribution < -0.4 is 10.1 Å². The Hall–Kier alpha value is -3.09. The lowest BCUT2D eigenvalue weighted by atomic mass is 10.1. The van der Waals surface area contributed by atoms with Crippen molar-refractivity contribution in [2.24, 2.45) is 0 Å². The highest BCUT2D eigenvalue weighted by Crippen LogP contribution is 2.28. The average molecular weight is 316 g/mol. The van der Waals surface area contributed by atoms with E-state index in [-0.39, 0.29) is 23.6 Å². The Morgan fingerprint density at radius 3 is 2.74 bits per heavy atom. The molecule has 0 aliphatic carbocycles. The predicted octanol–water partition coefficient (Wildman–Crippen LogP) is 1.44. The Morgan fingerprint density at radius 2 is 2.09 bits per heavy atom. The smallest absolute Gasteiger partial charge is 0.331 e. The Labute approximate surface area is 132 Å². The Balaban J connectivity index is 2.38. The number of urea groups is 1. The van der Waals surface area contributed by atoms with Gasteiger partial charge in [0.25, 0.3) is 11.8 Å². The van der Waals surface area contributed by atoms with Crippen LogP contribution in [0.3, 0.4) is 0 Å². The molecule has 2 N–H and O–H groups in total. The van der Waals surface area contributed by atoms with Crippen molar-refractivity contribution in [3.63, 3.8) is 0 Å². The van der Waals surface area contributed by atoms with Crippen LogP contribution in [0.15, 0.2) is 36.4 Å².